The molecule has 1 saturated heterocycles. The second kappa shape index (κ2) is 6.65. The minimum atomic E-state index is -1.15. The smallest absolute Gasteiger partial charge is 0.253 e. The molecule has 0 aliphatic carbocycles. The van der Waals surface area contributed by atoms with E-state index in [1.807, 2.05) is 30.3 Å². The van der Waals surface area contributed by atoms with Crippen LogP contribution in [0.1, 0.15) is 5.56 Å². The van der Waals surface area contributed by atoms with Crippen LogP contribution < -0.4 is 5.73 Å². The first kappa shape index (κ1) is 14.0. The van der Waals surface area contributed by atoms with Gasteiger partial charge in [0, 0.05) is 19.1 Å². The first-order chi connectivity index (χ1) is 9.18. The van der Waals surface area contributed by atoms with Gasteiger partial charge >= 0.3 is 0 Å². The Hall–Kier alpha value is -1.43. The number of morpholine rings is 1. The van der Waals surface area contributed by atoms with Crippen molar-refractivity contribution >= 4 is 5.91 Å². The van der Waals surface area contributed by atoms with Crippen molar-refractivity contribution in [3.63, 3.8) is 0 Å². The van der Waals surface area contributed by atoms with Gasteiger partial charge in [0.15, 0.2) is 0 Å². The molecule has 1 aliphatic rings. The molecule has 0 radical (unpaired) electrons. The van der Waals surface area contributed by atoms with Crippen LogP contribution in [-0.2, 0) is 16.0 Å². The number of hydrogen-bond acceptors (Lipinski definition) is 4. The van der Waals surface area contributed by atoms with Gasteiger partial charge in [0.25, 0.3) is 5.91 Å². The van der Waals surface area contributed by atoms with Gasteiger partial charge < -0.3 is 20.5 Å². The molecule has 5 heteroatoms. The second-order valence-electron chi connectivity index (χ2n) is 4.74. The summed E-state index contributed by atoms with van der Waals surface area (Å²) in [4.78, 5) is 13.7. The Labute approximate surface area is 113 Å². The molecule has 5 nitrogen and oxygen atoms in total. The summed E-state index contributed by atoms with van der Waals surface area (Å²) in [5.41, 5.74) is 6.95. The van der Waals surface area contributed by atoms with Crippen molar-refractivity contribution in [2.45, 2.75) is 18.6 Å². The number of ether oxygens (including phenoxy) is 1. The Morgan fingerprint density at radius 2 is 1.95 bits per heavy atom. The van der Waals surface area contributed by atoms with Gasteiger partial charge in [-0.3, -0.25) is 4.79 Å². The number of aliphatic hydroxyl groups excluding tert-OH is 1. The van der Waals surface area contributed by atoms with E-state index in [-0.39, 0.29) is 5.91 Å². The highest BCUT2D eigenvalue weighted by atomic mass is 16.5. The van der Waals surface area contributed by atoms with Crippen molar-refractivity contribution in [1.82, 2.24) is 4.90 Å². The van der Waals surface area contributed by atoms with Gasteiger partial charge in [0.2, 0.25) is 0 Å². The quantitative estimate of drug-likeness (QED) is 0.788. The van der Waals surface area contributed by atoms with Gasteiger partial charge in [-0.25, -0.2) is 0 Å². The molecule has 0 unspecified atom stereocenters. The molecule has 0 aromatic heterocycles. The third kappa shape index (κ3) is 3.76. The fraction of sp³-hybridized carbons (Fsp3) is 0.500. The Morgan fingerprint density at radius 3 is 2.58 bits per heavy atom. The highest BCUT2D eigenvalue weighted by molar-refractivity contribution is 5.81. The van der Waals surface area contributed by atoms with Crippen molar-refractivity contribution < 1.29 is 14.6 Å². The summed E-state index contributed by atoms with van der Waals surface area (Å²) in [6.07, 6.45) is -0.670. The lowest BCUT2D eigenvalue weighted by Crippen LogP contribution is -2.52. The molecule has 1 aliphatic heterocycles. The third-order valence-electron chi connectivity index (χ3n) is 3.30. The number of amides is 1. The summed E-state index contributed by atoms with van der Waals surface area (Å²) in [6.45, 7) is 2.08. The van der Waals surface area contributed by atoms with Gasteiger partial charge in [-0.05, 0) is 12.0 Å². The van der Waals surface area contributed by atoms with Crippen LogP contribution in [0.4, 0.5) is 0 Å². The fourth-order valence-electron chi connectivity index (χ4n) is 2.15. The van der Waals surface area contributed by atoms with Gasteiger partial charge in [-0.2, -0.15) is 0 Å². The molecule has 1 amide bonds. The van der Waals surface area contributed by atoms with E-state index in [9.17, 15) is 9.90 Å². The van der Waals surface area contributed by atoms with Crippen molar-refractivity contribution in [2.24, 2.45) is 5.73 Å². The standard InChI is InChI=1S/C14H20N2O3/c15-12(10-11-4-2-1-3-5-11)13(17)14(18)16-6-8-19-9-7-16/h1-5,12-13,17H,6-10,15H2/t12-,13+/m0/s1. The summed E-state index contributed by atoms with van der Waals surface area (Å²) in [5, 5.41) is 10.0. The molecule has 2 atom stereocenters. The molecule has 0 spiro atoms. The molecular weight excluding hydrogens is 244 g/mol. The third-order valence-corrected chi connectivity index (χ3v) is 3.30. The van der Waals surface area contributed by atoms with Crippen LogP contribution in [0.25, 0.3) is 0 Å². The van der Waals surface area contributed by atoms with Crippen LogP contribution in [0.2, 0.25) is 0 Å². The molecule has 2 rings (SSSR count). The lowest BCUT2D eigenvalue weighted by molar-refractivity contribution is -0.145. The lowest BCUT2D eigenvalue weighted by Gasteiger charge is -2.30. The van der Waals surface area contributed by atoms with E-state index in [4.69, 9.17) is 10.5 Å². The number of aliphatic hydroxyl groups is 1. The van der Waals surface area contributed by atoms with Gasteiger partial charge in [-0.15, -0.1) is 0 Å². The number of nitrogens with zero attached hydrogens (tertiary/aromatic N) is 1. The number of carbonyl (C=O) groups excluding carboxylic acids is 1. The largest absolute Gasteiger partial charge is 0.382 e. The normalized spacial score (nSPS) is 18.9. The van der Waals surface area contributed by atoms with Gasteiger partial charge in [0.1, 0.15) is 6.10 Å². The fourth-order valence-corrected chi connectivity index (χ4v) is 2.15. The van der Waals surface area contributed by atoms with Crippen LogP contribution in [0, 0.1) is 0 Å². The Kier molecular flexibility index (Phi) is 4.90. The van der Waals surface area contributed by atoms with E-state index in [1.54, 1.807) is 4.90 Å². The summed E-state index contributed by atoms with van der Waals surface area (Å²) in [5.74, 6) is -0.299. The predicted octanol–water partition coefficient (Wildman–Crippen LogP) is -0.224. The average molecular weight is 264 g/mol. The Bertz CT molecular complexity index is 404. The van der Waals surface area contributed by atoms with E-state index in [0.717, 1.165) is 5.56 Å². The molecule has 1 fully saturated rings. The van der Waals surface area contributed by atoms with Crippen molar-refractivity contribution in [2.75, 3.05) is 26.3 Å². The van der Waals surface area contributed by atoms with Crippen molar-refractivity contribution in [3.05, 3.63) is 35.9 Å². The van der Waals surface area contributed by atoms with Crippen LogP contribution in [0.3, 0.4) is 0 Å². The van der Waals surface area contributed by atoms with E-state index in [0.29, 0.717) is 32.7 Å². The number of carbonyl (C=O) groups is 1. The van der Waals surface area contributed by atoms with Crippen LogP contribution >= 0.6 is 0 Å². The monoisotopic (exact) mass is 264 g/mol. The SMILES string of the molecule is N[C@@H](Cc1ccccc1)[C@@H](O)C(=O)N1CCOCC1. The van der Waals surface area contributed by atoms with Crippen molar-refractivity contribution in [3.8, 4) is 0 Å². The molecule has 1 aromatic rings. The molecule has 1 aromatic carbocycles. The maximum absolute atomic E-state index is 12.1. The van der Waals surface area contributed by atoms with Crippen LogP contribution in [-0.4, -0.2) is 54.4 Å². The molecule has 3 N–H and O–H groups in total. The number of benzene rings is 1. The van der Waals surface area contributed by atoms with Crippen LogP contribution in [0.5, 0.6) is 0 Å². The molecular formula is C14H20N2O3. The van der Waals surface area contributed by atoms with E-state index in [2.05, 4.69) is 0 Å². The molecule has 1 heterocycles. The maximum Gasteiger partial charge on any atom is 0.253 e. The maximum atomic E-state index is 12.1. The zero-order chi connectivity index (χ0) is 13.7. The Morgan fingerprint density at radius 1 is 1.32 bits per heavy atom. The van der Waals surface area contributed by atoms with Gasteiger partial charge in [-0.1, -0.05) is 30.3 Å². The summed E-state index contributed by atoms with van der Waals surface area (Å²) in [6, 6.07) is 9.04. The minimum Gasteiger partial charge on any atom is -0.382 e. The summed E-state index contributed by atoms with van der Waals surface area (Å²) in [7, 11) is 0. The number of rotatable bonds is 4. The second-order valence-corrected chi connectivity index (χ2v) is 4.74. The van der Waals surface area contributed by atoms with Crippen molar-refractivity contribution in [1.29, 1.82) is 0 Å². The zero-order valence-electron chi connectivity index (χ0n) is 10.9. The van der Waals surface area contributed by atoms with Crippen LogP contribution in [0.15, 0.2) is 30.3 Å². The molecule has 0 bridgehead atoms. The van der Waals surface area contributed by atoms with Gasteiger partial charge in [0.05, 0.1) is 13.2 Å². The zero-order valence-corrected chi connectivity index (χ0v) is 10.9. The highest BCUT2D eigenvalue weighted by Gasteiger charge is 2.28. The van der Waals surface area contributed by atoms with E-state index in [1.165, 1.54) is 0 Å². The predicted molar refractivity (Wildman–Crippen MR) is 71.5 cm³/mol. The Balaban J connectivity index is 1.90. The molecule has 0 saturated carbocycles. The minimum absolute atomic E-state index is 0.299. The molecule has 19 heavy (non-hydrogen) atoms. The lowest BCUT2D eigenvalue weighted by atomic mass is 10.0. The summed E-state index contributed by atoms with van der Waals surface area (Å²) < 4.78 is 5.18. The number of hydrogen-bond donors (Lipinski definition) is 2. The van der Waals surface area contributed by atoms with E-state index >= 15 is 0 Å². The first-order valence-corrected chi connectivity index (χ1v) is 6.52. The topological polar surface area (TPSA) is 75.8 Å². The average Bonchev–Trinajstić information content (AvgIpc) is 2.47. The molecule has 104 valence electrons. The first-order valence-electron chi connectivity index (χ1n) is 6.52. The number of nitrogens with two attached hydrogens (primary N) is 1. The van der Waals surface area contributed by atoms with E-state index < -0.39 is 12.1 Å². The highest BCUT2D eigenvalue weighted by Crippen LogP contribution is 2.08. The summed E-state index contributed by atoms with van der Waals surface area (Å²) >= 11 is 0.